The highest BCUT2D eigenvalue weighted by Gasteiger charge is 2.50. The number of hydrogen-bond acceptors (Lipinski definition) is 7. The molecule has 2 fully saturated rings. The summed E-state index contributed by atoms with van der Waals surface area (Å²) in [6, 6.07) is 11.0. The van der Waals surface area contributed by atoms with E-state index < -0.39 is 36.1 Å². The maximum atomic E-state index is 9.21. The molecule has 4 rings (SSSR count). The Morgan fingerprint density at radius 1 is 1.27 bits per heavy atom. The minimum absolute atomic E-state index is 0.313. The summed E-state index contributed by atoms with van der Waals surface area (Å²) in [5, 5.41) is 4.03. The molecule has 2 aromatic rings. The summed E-state index contributed by atoms with van der Waals surface area (Å²) in [6.07, 6.45) is -0.270. The van der Waals surface area contributed by atoms with Gasteiger partial charge in [-0.05, 0) is 43.5 Å². The molecule has 6 atom stereocenters. The Labute approximate surface area is 194 Å². The molecule has 158 valence electrons. The number of thioether (sulfide) groups is 1. The van der Waals surface area contributed by atoms with Crippen LogP contribution in [0.3, 0.4) is 0 Å². The largest absolute Gasteiger partial charge is 0.377 e. The van der Waals surface area contributed by atoms with Crippen LogP contribution in [0.5, 0.6) is 0 Å². The summed E-state index contributed by atoms with van der Waals surface area (Å²) >= 11 is 8.35. The van der Waals surface area contributed by atoms with Crippen molar-refractivity contribution < 1.29 is 18.9 Å². The number of azide groups is 1. The van der Waals surface area contributed by atoms with Crippen molar-refractivity contribution in [1.29, 1.82) is 0 Å². The summed E-state index contributed by atoms with van der Waals surface area (Å²) in [4.78, 5) is 8.22. The molecule has 8 nitrogen and oxygen atoms in total. The van der Waals surface area contributed by atoms with Gasteiger partial charge in [-0.15, -0.1) is 0 Å². The molecule has 11 heteroatoms. The number of benzene rings is 1. The zero-order valence-corrected chi connectivity index (χ0v) is 19.8. The minimum Gasteiger partial charge on any atom is -0.377 e. The standard InChI is InChI=1S/C19H18Br2N4O4S/c1-26-16-14(24-25-22)15-12(9-27-18(29-15)10-5-3-2-4-6-10)28-19(16)30-13-7-11(20)8-23-17(13)21/h2-8,12,14-16,18-19H,9H2,1H3/t12?,14?,15-,16-,18?,19+/m0/s1. The van der Waals surface area contributed by atoms with Gasteiger partial charge in [-0.3, -0.25) is 0 Å². The lowest BCUT2D eigenvalue weighted by atomic mass is 9.96. The smallest absolute Gasteiger partial charge is 0.184 e. The summed E-state index contributed by atoms with van der Waals surface area (Å²) in [5.74, 6) is 0. The number of hydrogen-bond donors (Lipinski definition) is 0. The third kappa shape index (κ3) is 4.68. The van der Waals surface area contributed by atoms with Gasteiger partial charge in [0.15, 0.2) is 6.29 Å². The highest BCUT2D eigenvalue weighted by molar-refractivity contribution is 9.11. The summed E-state index contributed by atoms with van der Waals surface area (Å²) < 4.78 is 25.6. The van der Waals surface area contributed by atoms with Crippen LogP contribution >= 0.6 is 43.6 Å². The first-order valence-corrected chi connectivity index (χ1v) is 11.6. The van der Waals surface area contributed by atoms with E-state index in [1.165, 1.54) is 11.8 Å². The molecule has 3 heterocycles. The van der Waals surface area contributed by atoms with E-state index in [2.05, 4.69) is 46.9 Å². The maximum Gasteiger partial charge on any atom is 0.184 e. The van der Waals surface area contributed by atoms with Crippen molar-refractivity contribution in [3.05, 3.63) is 67.7 Å². The van der Waals surface area contributed by atoms with E-state index >= 15 is 0 Å². The number of fused-ring (bicyclic) bond motifs is 1. The lowest BCUT2D eigenvalue weighted by Crippen LogP contribution is -2.60. The molecular weight excluding hydrogens is 540 g/mol. The quantitative estimate of drug-likeness (QED) is 0.216. The minimum atomic E-state index is -0.578. The van der Waals surface area contributed by atoms with Crippen LogP contribution in [-0.4, -0.2) is 48.5 Å². The van der Waals surface area contributed by atoms with Crippen LogP contribution in [0.15, 0.2) is 61.7 Å². The van der Waals surface area contributed by atoms with Crippen molar-refractivity contribution in [2.45, 2.75) is 41.0 Å². The van der Waals surface area contributed by atoms with Crippen LogP contribution in [0.1, 0.15) is 11.9 Å². The number of ether oxygens (including phenoxy) is 4. The van der Waals surface area contributed by atoms with Crippen molar-refractivity contribution >= 4 is 43.6 Å². The van der Waals surface area contributed by atoms with Gasteiger partial charge in [0.25, 0.3) is 0 Å². The van der Waals surface area contributed by atoms with E-state index in [-0.39, 0.29) is 0 Å². The van der Waals surface area contributed by atoms with Crippen LogP contribution in [0.2, 0.25) is 0 Å². The van der Waals surface area contributed by atoms with E-state index in [0.29, 0.717) is 11.2 Å². The van der Waals surface area contributed by atoms with Gasteiger partial charge in [0.2, 0.25) is 0 Å². The SMILES string of the molecule is CO[C@H]1C(N=[N+]=[N-])[C@H]2OC(c3ccccc3)OCC2O[C@@H]1Sc1cc(Br)cnc1Br. The van der Waals surface area contributed by atoms with Crippen molar-refractivity contribution in [3.8, 4) is 0 Å². The van der Waals surface area contributed by atoms with Crippen LogP contribution in [0.25, 0.3) is 10.4 Å². The first-order chi connectivity index (χ1) is 14.6. The Kier molecular flexibility index (Phi) is 7.32. The molecule has 0 aliphatic carbocycles. The van der Waals surface area contributed by atoms with Gasteiger partial charge >= 0.3 is 0 Å². The van der Waals surface area contributed by atoms with Crippen LogP contribution in [0.4, 0.5) is 0 Å². The molecular formula is C19H18Br2N4O4S. The number of aromatic nitrogens is 1. The van der Waals surface area contributed by atoms with E-state index in [1.54, 1.807) is 13.3 Å². The van der Waals surface area contributed by atoms with Crippen molar-refractivity contribution in [1.82, 2.24) is 4.98 Å². The molecule has 0 bridgehead atoms. The van der Waals surface area contributed by atoms with Gasteiger partial charge in [0, 0.05) is 33.2 Å². The molecule has 0 radical (unpaired) electrons. The van der Waals surface area contributed by atoms with E-state index in [4.69, 9.17) is 18.9 Å². The van der Waals surface area contributed by atoms with Gasteiger partial charge in [-0.25, -0.2) is 4.98 Å². The highest BCUT2D eigenvalue weighted by atomic mass is 79.9. The predicted octanol–water partition coefficient (Wildman–Crippen LogP) is 5.23. The van der Waals surface area contributed by atoms with Crippen LogP contribution < -0.4 is 0 Å². The zero-order chi connectivity index (χ0) is 21.1. The molecule has 0 saturated carbocycles. The molecule has 1 aromatic carbocycles. The lowest BCUT2D eigenvalue weighted by Gasteiger charge is -2.47. The van der Waals surface area contributed by atoms with Crippen molar-refractivity contribution in [2.75, 3.05) is 13.7 Å². The molecule has 3 unspecified atom stereocenters. The number of halogens is 2. The summed E-state index contributed by atoms with van der Waals surface area (Å²) in [6.45, 7) is 0.313. The predicted molar refractivity (Wildman–Crippen MR) is 118 cm³/mol. The molecule has 2 aliphatic rings. The molecule has 0 spiro atoms. The highest BCUT2D eigenvalue weighted by Crippen LogP contribution is 2.42. The summed E-state index contributed by atoms with van der Waals surface area (Å²) in [7, 11) is 1.57. The Morgan fingerprint density at radius 3 is 2.80 bits per heavy atom. The Morgan fingerprint density at radius 2 is 2.07 bits per heavy atom. The molecule has 0 N–H and O–H groups in total. The topological polar surface area (TPSA) is 98.6 Å². The molecule has 1 aromatic heterocycles. The molecule has 30 heavy (non-hydrogen) atoms. The second-order valence-electron chi connectivity index (χ2n) is 6.68. The molecule has 0 amide bonds. The summed E-state index contributed by atoms with van der Waals surface area (Å²) in [5.41, 5.74) is 9.66. The van der Waals surface area contributed by atoms with Crippen LogP contribution in [0, 0.1) is 0 Å². The zero-order valence-electron chi connectivity index (χ0n) is 15.8. The maximum absolute atomic E-state index is 9.21. The fourth-order valence-electron chi connectivity index (χ4n) is 3.49. The molecule has 2 aliphatic heterocycles. The van der Waals surface area contributed by atoms with Gasteiger partial charge in [-0.1, -0.05) is 47.2 Å². The second-order valence-corrected chi connectivity index (χ2v) is 9.48. The fraction of sp³-hybridized carbons (Fsp3) is 0.421. The third-order valence-electron chi connectivity index (χ3n) is 4.85. The first-order valence-electron chi connectivity index (χ1n) is 9.13. The number of methoxy groups -OCH3 is 1. The average Bonchev–Trinajstić information content (AvgIpc) is 2.77. The van der Waals surface area contributed by atoms with E-state index in [0.717, 1.165) is 14.9 Å². The number of pyridine rings is 1. The lowest BCUT2D eigenvalue weighted by molar-refractivity contribution is -0.298. The normalized spacial score (nSPS) is 30.9. The third-order valence-corrected chi connectivity index (χ3v) is 7.36. The van der Waals surface area contributed by atoms with Crippen LogP contribution in [-0.2, 0) is 18.9 Å². The van der Waals surface area contributed by atoms with Crippen molar-refractivity contribution in [2.24, 2.45) is 5.11 Å². The number of rotatable bonds is 5. The van der Waals surface area contributed by atoms with E-state index in [1.807, 2.05) is 36.4 Å². The number of nitrogens with zero attached hydrogens (tertiary/aromatic N) is 4. The Bertz CT molecular complexity index is 934. The van der Waals surface area contributed by atoms with Gasteiger partial charge in [-0.2, -0.15) is 0 Å². The van der Waals surface area contributed by atoms with Gasteiger partial charge in [0.1, 0.15) is 28.4 Å². The van der Waals surface area contributed by atoms with Gasteiger partial charge < -0.3 is 18.9 Å². The second kappa shape index (κ2) is 9.97. The van der Waals surface area contributed by atoms with E-state index in [9.17, 15) is 5.53 Å². The average molecular weight is 558 g/mol. The fourth-order valence-corrected chi connectivity index (χ4v) is 5.67. The van der Waals surface area contributed by atoms with Gasteiger partial charge in [0.05, 0.1) is 12.6 Å². The first kappa shape index (κ1) is 22.0. The van der Waals surface area contributed by atoms with Crippen molar-refractivity contribution in [3.63, 3.8) is 0 Å². The monoisotopic (exact) mass is 556 g/mol. The Balaban J connectivity index is 1.59. The Hall–Kier alpha value is -1.17. The molecule has 2 saturated heterocycles.